The molecule has 0 radical (unpaired) electrons. The highest BCUT2D eigenvalue weighted by molar-refractivity contribution is 5.92. The molecule has 3 heterocycles. The van der Waals surface area contributed by atoms with Crippen LogP contribution in [-0.2, 0) is 29.1 Å². The third-order valence-electron chi connectivity index (χ3n) is 8.81. The summed E-state index contributed by atoms with van der Waals surface area (Å²) >= 11 is 0. The van der Waals surface area contributed by atoms with Crippen LogP contribution >= 0.6 is 0 Å². The molecule has 2 aliphatic rings. The fraction of sp³-hybridized carbons (Fsp3) is 0.222. The molecule has 2 saturated heterocycles. The number of nitrogens with zero attached hydrogens (tertiary/aromatic N) is 5. The van der Waals surface area contributed by atoms with E-state index in [4.69, 9.17) is 4.42 Å². The number of nitriles is 1. The molecule has 46 heavy (non-hydrogen) atoms. The summed E-state index contributed by atoms with van der Waals surface area (Å²) in [5.41, 5.74) is 3.53. The molecular formula is C36H32N6O4. The Balaban J connectivity index is 1.22. The third-order valence-corrected chi connectivity index (χ3v) is 8.81. The molecule has 4 amide bonds. The lowest BCUT2D eigenvalue weighted by molar-refractivity contribution is -0.157. The molecule has 2 atom stereocenters. The van der Waals surface area contributed by atoms with Gasteiger partial charge in [-0.2, -0.15) is 10.3 Å². The SMILES string of the molecule is N#CCN(C(=O)NCc1ccccc1)N1CC(=O)N2[C@@H](Cc3ccc4occc4c3)C(=O)N(Cc3cccc4ccccc34)C[C@@H]21. The van der Waals surface area contributed by atoms with E-state index in [0.29, 0.717) is 13.0 Å². The van der Waals surface area contributed by atoms with E-state index in [1.54, 1.807) is 21.1 Å². The quantitative estimate of drug-likeness (QED) is 0.255. The number of benzene rings is 4. The Morgan fingerprint density at radius 1 is 0.935 bits per heavy atom. The highest BCUT2D eigenvalue weighted by Gasteiger charge is 2.52. The summed E-state index contributed by atoms with van der Waals surface area (Å²) in [7, 11) is 0. The number of rotatable bonds is 8. The van der Waals surface area contributed by atoms with Crippen molar-refractivity contribution in [3.05, 3.63) is 120 Å². The van der Waals surface area contributed by atoms with Crippen LogP contribution in [0, 0.1) is 11.3 Å². The fourth-order valence-electron chi connectivity index (χ4n) is 6.60. The van der Waals surface area contributed by atoms with Crippen LogP contribution in [0.4, 0.5) is 4.79 Å². The van der Waals surface area contributed by atoms with Crippen molar-refractivity contribution >= 4 is 39.6 Å². The van der Waals surface area contributed by atoms with Crippen molar-refractivity contribution in [3.63, 3.8) is 0 Å². The molecule has 0 aliphatic carbocycles. The number of carbonyl (C=O) groups excluding carboxylic acids is 3. The number of amides is 4. The monoisotopic (exact) mass is 612 g/mol. The summed E-state index contributed by atoms with van der Waals surface area (Å²) in [6.07, 6.45) is 1.27. The van der Waals surface area contributed by atoms with Crippen LogP contribution in [0.5, 0.6) is 0 Å². The summed E-state index contributed by atoms with van der Waals surface area (Å²) in [6, 6.07) is 32.0. The molecule has 10 heteroatoms. The molecule has 7 rings (SSSR count). The number of hydrogen-bond donors (Lipinski definition) is 1. The summed E-state index contributed by atoms with van der Waals surface area (Å²) < 4.78 is 5.51. The fourth-order valence-corrected chi connectivity index (χ4v) is 6.60. The van der Waals surface area contributed by atoms with E-state index in [1.807, 2.05) is 97.1 Å². The second-order valence-corrected chi connectivity index (χ2v) is 11.6. The predicted molar refractivity (Wildman–Crippen MR) is 171 cm³/mol. The van der Waals surface area contributed by atoms with E-state index in [9.17, 15) is 19.6 Å². The Morgan fingerprint density at radius 2 is 1.74 bits per heavy atom. The zero-order valence-electron chi connectivity index (χ0n) is 25.1. The minimum absolute atomic E-state index is 0.127. The first-order valence-electron chi connectivity index (χ1n) is 15.3. The molecule has 0 spiro atoms. The van der Waals surface area contributed by atoms with Crippen molar-refractivity contribution in [2.45, 2.75) is 31.7 Å². The first-order valence-corrected chi connectivity index (χ1v) is 15.3. The molecule has 2 fully saturated rings. The molecule has 1 N–H and O–H groups in total. The van der Waals surface area contributed by atoms with E-state index in [1.165, 1.54) is 5.01 Å². The number of hydrazine groups is 1. The van der Waals surface area contributed by atoms with Crippen molar-refractivity contribution in [2.75, 3.05) is 19.6 Å². The Labute approximate surface area is 266 Å². The second-order valence-electron chi connectivity index (χ2n) is 11.6. The Bertz CT molecular complexity index is 1960. The smallest absolute Gasteiger partial charge is 0.333 e. The molecule has 1 aromatic heterocycles. The van der Waals surface area contributed by atoms with Gasteiger partial charge in [0, 0.05) is 24.9 Å². The van der Waals surface area contributed by atoms with Gasteiger partial charge < -0.3 is 19.5 Å². The molecule has 2 aliphatic heterocycles. The number of hydrogen-bond acceptors (Lipinski definition) is 6. The molecule has 0 bridgehead atoms. The Morgan fingerprint density at radius 3 is 2.59 bits per heavy atom. The van der Waals surface area contributed by atoms with Gasteiger partial charge in [0.05, 0.1) is 25.4 Å². The highest BCUT2D eigenvalue weighted by atomic mass is 16.3. The number of urea groups is 1. The number of piperazine rings is 1. The number of carbonyl (C=O) groups is 3. The lowest BCUT2D eigenvalue weighted by Crippen LogP contribution is -2.66. The highest BCUT2D eigenvalue weighted by Crippen LogP contribution is 2.32. The average Bonchev–Trinajstić information content (AvgIpc) is 3.68. The van der Waals surface area contributed by atoms with Gasteiger partial charge in [-0.1, -0.05) is 78.9 Å². The summed E-state index contributed by atoms with van der Waals surface area (Å²) in [4.78, 5) is 45.0. The zero-order valence-corrected chi connectivity index (χ0v) is 25.1. The predicted octanol–water partition coefficient (Wildman–Crippen LogP) is 4.66. The van der Waals surface area contributed by atoms with Crippen LogP contribution in [0.1, 0.15) is 16.7 Å². The van der Waals surface area contributed by atoms with Gasteiger partial charge in [0.1, 0.15) is 24.3 Å². The van der Waals surface area contributed by atoms with Crippen molar-refractivity contribution < 1.29 is 18.8 Å². The minimum atomic E-state index is -0.799. The number of furan rings is 1. The number of nitrogens with one attached hydrogen (secondary N) is 1. The zero-order chi connectivity index (χ0) is 31.6. The maximum atomic E-state index is 14.3. The molecule has 230 valence electrons. The molecule has 10 nitrogen and oxygen atoms in total. The molecule has 5 aromatic rings. The van der Waals surface area contributed by atoms with Crippen molar-refractivity contribution in [1.29, 1.82) is 5.26 Å². The second kappa shape index (κ2) is 12.4. The molecule has 4 aromatic carbocycles. The van der Waals surface area contributed by atoms with E-state index < -0.39 is 18.2 Å². The maximum Gasteiger partial charge on any atom is 0.333 e. The first kappa shape index (κ1) is 29.1. The molecular weight excluding hydrogens is 580 g/mol. The van der Waals surface area contributed by atoms with Crippen molar-refractivity contribution in [1.82, 2.24) is 25.1 Å². The summed E-state index contributed by atoms with van der Waals surface area (Å²) in [6.45, 7) is 0.402. The van der Waals surface area contributed by atoms with Gasteiger partial charge in [0.15, 0.2) is 0 Å². The average molecular weight is 613 g/mol. The van der Waals surface area contributed by atoms with Gasteiger partial charge in [-0.15, -0.1) is 0 Å². The van der Waals surface area contributed by atoms with Gasteiger partial charge in [0.25, 0.3) is 0 Å². The van der Waals surface area contributed by atoms with Crippen LogP contribution < -0.4 is 5.32 Å². The van der Waals surface area contributed by atoms with Crippen LogP contribution in [0.2, 0.25) is 0 Å². The summed E-state index contributed by atoms with van der Waals surface area (Å²) in [5, 5.41) is 18.6. The molecule has 0 saturated carbocycles. The van der Waals surface area contributed by atoms with E-state index in [2.05, 4.69) is 11.4 Å². The van der Waals surface area contributed by atoms with Crippen LogP contribution in [0.3, 0.4) is 0 Å². The van der Waals surface area contributed by atoms with Gasteiger partial charge in [-0.05, 0) is 45.7 Å². The van der Waals surface area contributed by atoms with Crippen molar-refractivity contribution in [2.24, 2.45) is 0 Å². The third kappa shape index (κ3) is 5.53. The largest absolute Gasteiger partial charge is 0.464 e. The maximum absolute atomic E-state index is 14.3. The Kier molecular flexibility index (Phi) is 7.83. The lowest BCUT2D eigenvalue weighted by atomic mass is 9.98. The molecule has 0 unspecified atom stereocenters. The normalized spacial score (nSPS) is 18.2. The minimum Gasteiger partial charge on any atom is -0.464 e. The topological polar surface area (TPSA) is 113 Å². The van der Waals surface area contributed by atoms with Crippen LogP contribution in [0.15, 0.2) is 108 Å². The summed E-state index contributed by atoms with van der Waals surface area (Å²) in [5.74, 6) is -0.427. The van der Waals surface area contributed by atoms with E-state index >= 15 is 0 Å². The van der Waals surface area contributed by atoms with Gasteiger partial charge in [0.2, 0.25) is 11.8 Å². The van der Waals surface area contributed by atoms with E-state index in [0.717, 1.165) is 38.4 Å². The van der Waals surface area contributed by atoms with Crippen LogP contribution in [-0.4, -0.2) is 69.5 Å². The van der Waals surface area contributed by atoms with Crippen LogP contribution in [0.25, 0.3) is 21.7 Å². The van der Waals surface area contributed by atoms with Gasteiger partial charge in [-0.25, -0.2) is 9.80 Å². The Hall–Kier alpha value is -5.66. The van der Waals surface area contributed by atoms with Gasteiger partial charge in [-0.3, -0.25) is 9.59 Å². The number of fused-ring (bicyclic) bond motifs is 3. The lowest BCUT2D eigenvalue weighted by Gasteiger charge is -2.46. The standard InChI is InChI=1S/C36H32N6O4/c37-16-17-40(36(45)38-21-25-7-2-1-3-8-25)41-24-34(43)42-31(20-26-13-14-32-28(19-26)15-18-46-32)35(44)39(23-33(41)42)22-29-11-6-10-27-9-4-5-12-30(27)29/h1-15,18-19,31,33H,17,20-24H2,(H,38,45)/t31-,33+/m0/s1. The van der Waals surface area contributed by atoms with Gasteiger partial charge >= 0.3 is 6.03 Å². The first-order chi connectivity index (χ1) is 22.5. The van der Waals surface area contributed by atoms with Crippen molar-refractivity contribution in [3.8, 4) is 6.07 Å². The van der Waals surface area contributed by atoms with E-state index in [-0.39, 0.29) is 38.0 Å².